The highest BCUT2D eigenvalue weighted by Crippen LogP contribution is 2.32. The van der Waals surface area contributed by atoms with Crippen molar-refractivity contribution in [1.82, 2.24) is 10.3 Å². The number of hydrogen-bond donors (Lipinski definition) is 2. The minimum atomic E-state index is -0.962. The molecule has 1 aliphatic heterocycles. The van der Waals surface area contributed by atoms with Gasteiger partial charge in [0.05, 0.1) is 5.56 Å². The molecule has 1 amide bonds. The molecule has 8 heteroatoms. The molecule has 38 heavy (non-hydrogen) atoms. The number of amides is 1. The summed E-state index contributed by atoms with van der Waals surface area (Å²) in [7, 11) is 0. The maximum Gasteiger partial charge on any atom is 0.255 e. The zero-order valence-electron chi connectivity index (χ0n) is 20.4. The van der Waals surface area contributed by atoms with E-state index >= 15 is 0 Å². The number of nitrogens with one attached hydrogen (secondary N) is 2. The standard InChI is InChI=1S/C30H24F2N4O2/c31-26-8-6-20(15-27(26)32)18-36-30(38)24-4-2-11-35-29(24)34-10-1-3-19-5-7-23-22(13-19)16-28(37)25(23)14-21-9-12-33-17-21/h1-8,11-15,17H,9-10,16,18H2,(H,34,35)(H,36,38)/b3-1+,25-14-. The van der Waals surface area contributed by atoms with Crippen molar-refractivity contribution in [3.63, 3.8) is 0 Å². The number of ketones is 1. The number of aliphatic imine (C=N–C) groups is 1. The monoisotopic (exact) mass is 510 g/mol. The highest BCUT2D eigenvalue weighted by atomic mass is 19.2. The van der Waals surface area contributed by atoms with Crippen molar-refractivity contribution >= 4 is 35.4 Å². The molecule has 0 radical (unpaired) electrons. The molecule has 0 unspecified atom stereocenters. The molecule has 2 aliphatic rings. The number of fused-ring (bicyclic) bond motifs is 1. The highest BCUT2D eigenvalue weighted by Gasteiger charge is 2.24. The SMILES string of the molecule is O=C1Cc2cc(/C=C/CNc3ncccc3C(=O)NCc3ccc(F)c(F)c3)ccc2/C1=C/C1=CN=CC1. The zero-order chi connectivity index (χ0) is 26.5. The third-order valence-corrected chi connectivity index (χ3v) is 6.26. The normalized spacial score (nSPS) is 15.3. The third kappa shape index (κ3) is 5.64. The Balaban J connectivity index is 1.20. The summed E-state index contributed by atoms with van der Waals surface area (Å²) in [5.41, 5.74) is 5.48. The fraction of sp³-hybridized carbons (Fsp3) is 0.133. The molecule has 1 aromatic heterocycles. The Hall–Kier alpha value is -4.72. The number of pyridine rings is 1. The minimum absolute atomic E-state index is 0.0490. The van der Waals surface area contributed by atoms with Crippen molar-refractivity contribution in [3.05, 3.63) is 118 Å². The first kappa shape index (κ1) is 25.0. The van der Waals surface area contributed by atoms with Gasteiger partial charge in [0.25, 0.3) is 5.91 Å². The van der Waals surface area contributed by atoms with E-state index in [9.17, 15) is 18.4 Å². The second-order valence-corrected chi connectivity index (χ2v) is 8.93. The molecule has 0 saturated heterocycles. The van der Waals surface area contributed by atoms with Gasteiger partial charge in [-0.2, -0.15) is 0 Å². The van der Waals surface area contributed by atoms with Gasteiger partial charge in [-0.05, 0) is 58.2 Å². The lowest BCUT2D eigenvalue weighted by atomic mass is 10.0. The number of Topliss-reactive ketones (excluding diaryl/α,β-unsaturated/α-hetero) is 1. The van der Waals surface area contributed by atoms with E-state index in [-0.39, 0.29) is 18.2 Å². The summed E-state index contributed by atoms with van der Waals surface area (Å²) in [6.07, 6.45) is 12.1. The Morgan fingerprint density at radius 3 is 2.79 bits per heavy atom. The number of aromatic nitrogens is 1. The third-order valence-electron chi connectivity index (χ3n) is 6.26. The van der Waals surface area contributed by atoms with Crippen molar-refractivity contribution in [2.75, 3.05) is 11.9 Å². The molecule has 3 aromatic rings. The average Bonchev–Trinajstić information content (AvgIpc) is 3.55. The topological polar surface area (TPSA) is 83.5 Å². The van der Waals surface area contributed by atoms with Crippen LogP contribution in [-0.4, -0.2) is 29.4 Å². The maximum absolute atomic E-state index is 13.4. The van der Waals surface area contributed by atoms with E-state index in [2.05, 4.69) is 20.6 Å². The largest absolute Gasteiger partial charge is 0.366 e. The predicted octanol–water partition coefficient (Wildman–Crippen LogP) is 5.28. The van der Waals surface area contributed by atoms with Crippen LogP contribution in [-0.2, 0) is 17.8 Å². The Labute approximate surface area is 218 Å². The Bertz CT molecular complexity index is 1540. The summed E-state index contributed by atoms with van der Waals surface area (Å²) in [6, 6.07) is 12.7. The van der Waals surface area contributed by atoms with Gasteiger partial charge in [-0.3, -0.25) is 14.6 Å². The first-order valence-electron chi connectivity index (χ1n) is 12.1. The van der Waals surface area contributed by atoms with Crippen LogP contribution >= 0.6 is 0 Å². The van der Waals surface area contributed by atoms with Crippen molar-refractivity contribution in [1.29, 1.82) is 0 Å². The Morgan fingerprint density at radius 2 is 1.97 bits per heavy atom. The Kier molecular flexibility index (Phi) is 7.31. The van der Waals surface area contributed by atoms with Crippen LogP contribution in [0.15, 0.2) is 83.6 Å². The fourth-order valence-corrected chi connectivity index (χ4v) is 4.35. The molecule has 2 aromatic carbocycles. The molecule has 5 rings (SSSR count). The lowest BCUT2D eigenvalue weighted by molar-refractivity contribution is -0.112. The number of carbonyl (C=O) groups is 2. The van der Waals surface area contributed by atoms with Gasteiger partial charge in [0.2, 0.25) is 0 Å². The summed E-state index contributed by atoms with van der Waals surface area (Å²) >= 11 is 0. The second kappa shape index (κ2) is 11.1. The molecule has 0 spiro atoms. The molecule has 0 fully saturated rings. The van der Waals surface area contributed by atoms with Gasteiger partial charge in [-0.15, -0.1) is 0 Å². The minimum Gasteiger partial charge on any atom is -0.366 e. The van der Waals surface area contributed by atoms with E-state index in [0.717, 1.165) is 46.4 Å². The number of anilines is 1. The summed E-state index contributed by atoms with van der Waals surface area (Å²) in [6.45, 7) is 0.461. The quantitative estimate of drug-likeness (QED) is 0.404. The number of hydrogen-bond acceptors (Lipinski definition) is 5. The number of benzene rings is 2. The smallest absolute Gasteiger partial charge is 0.255 e. The van der Waals surface area contributed by atoms with Crippen molar-refractivity contribution in [2.45, 2.75) is 19.4 Å². The van der Waals surface area contributed by atoms with Crippen LogP contribution in [0.25, 0.3) is 11.6 Å². The Morgan fingerprint density at radius 1 is 1.08 bits per heavy atom. The second-order valence-electron chi connectivity index (χ2n) is 8.93. The first-order valence-corrected chi connectivity index (χ1v) is 12.1. The van der Waals surface area contributed by atoms with Crippen LogP contribution in [0.4, 0.5) is 14.6 Å². The van der Waals surface area contributed by atoms with E-state index in [1.54, 1.807) is 24.5 Å². The number of rotatable bonds is 8. The molecule has 190 valence electrons. The maximum atomic E-state index is 13.4. The average molecular weight is 511 g/mol. The molecular formula is C30H24F2N4O2. The molecule has 2 heterocycles. The number of allylic oxidation sites excluding steroid dienone is 3. The summed E-state index contributed by atoms with van der Waals surface area (Å²) < 4.78 is 26.5. The molecule has 0 bridgehead atoms. The van der Waals surface area contributed by atoms with Crippen LogP contribution in [0.1, 0.15) is 39.0 Å². The van der Waals surface area contributed by atoms with E-state index in [1.807, 2.05) is 42.6 Å². The summed E-state index contributed by atoms with van der Waals surface area (Å²) in [4.78, 5) is 33.6. The van der Waals surface area contributed by atoms with Crippen LogP contribution in [0, 0.1) is 11.6 Å². The molecular weight excluding hydrogens is 486 g/mol. The molecule has 6 nitrogen and oxygen atoms in total. The number of carbonyl (C=O) groups excluding carboxylic acids is 2. The van der Waals surface area contributed by atoms with Gasteiger partial charge in [-0.25, -0.2) is 13.8 Å². The van der Waals surface area contributed by atoms with Crippen molar-refractivity contribution in [3.8, 4) is 0 Å². The van der Waals surface area contributed by atoms with Gasteiger partial charge in [0.15, 0.2) is 17.4 Å². The molecule has 1 aliphatic carbocycles. The first-order chi connectivity index (χ1) is 18.5. The van der Waals surface area contributed by atoms with Gasteiger partial charge in [0, 0.05) is 50.1 Å². The number of nitrogens with zero attached hydrogens (tertiary/aromatic N) is 2. The van der Waals surface area contributed by atoms with Crippen LogP contribution in [0.5, 0.6) is 0 Å². The highest BCUT2D eigenvalue weighted by molar-refractivity contribution is 6.26. The molecule has 0 saturated carbocycles. The van der Waals surface area contributed by atoms with Crippen LogP contribution < -0.4 is 10.6 Å². The number of halogens is 2. The van der Waals surface area contributed by atoms with Gasteiger partial charge in [0.1, 0.15) is 5.82 Å². The van der Waals surface area contributed by atoms with E-state index < -0.39 is 11.6 Å². The van der Waals surface area contributed by atoms with E-state index in [1.165, 1.54) is 6.07 Å². The lowest BCUT2D eigenvalue weighted by Gasteiger charge is -2.10. The molecule has 2 N–H and O–H groups in total. The van der Waals surface area contributed by atoms with E-state index in [4.69, 9.17) is 0 Å². The van der Waals surface area contributed by atoms with Gasteiger partial charge < -0.3 is 10.6 Å². The van der Waals surface area contributed by atoms with Crippen molar-refractivity contribution < 1.29 is 18.4 Å². The van der Waals surface area contributed by atoms with Gasteiger partial charge in [-0.1, -0.05) is 36.4 Å². The lowest BCUT2D eigenvalue weighted by Crippen LogP contribution is -2.24. The molecule has 0 atom stereocenters. The zero-order valence-corrected chi connectivity index (χ0v) is 20.4. The summed E-state index contributed by atoms with van der Waals surface area (Å²) in [5, 5.41) is 5.84. The fourth-order valence-electron chi connectivity index (χ4n) is 4.35. The van der Waals surface area contributed by atoms with Crippen LogP contribution in [0.2, 0.25) is 0 Å². The van der Waals surface area contributed by atoms with Crippen LogP contribution in [0.3, 0.4) is 0 Å². The van der Waals surface area contributed by atoms with Gasteiger partial charge >= 0.3 is 0 Å². The van der Waals surface area contributed by atoms with Crippen molar-refractivity contribution in [2.24, 2.45) is 4.99 Å². The predicted molar refractivity (Wildman–Crippen MR) is 144 cm³/mol. The summed E-state index contributed by atoms with van der Waals surface area (Å²) in [5.74, 6) is -1.77. The van der Waals surface area contributed by atoms with E-state index in [0.29, 0.717) is 29.9 Å².